The van der Waals surface area contributed by atoms with Gasteiger partial charge in [0.25, 0.3) is 11.5 Å². The van der Waals surface area contributed by atoms with Crippen LogP contribution in [-0.4, -0.2) is 30.9 Å². The van der Waals surface area contributed by atoms with Crippen molar-refractivity contribution in [2.24, 2.45) is 0 Å². The molecule has 8 nitrogen and oxygen atoms in total. The van der Waals surface area contributed by atoms with Crippen LogP contribution in [0.15, 0.2) is 53.7 Å². The first kappa shape index (κ1) is 21.1. The highest BCUT2D eigenvalue weighted by atomic mass is 16.2. The SMILES string of the molecule is Cc1cccn2c(=O)c3cc(C(=O)NC4CCCCC4)c(=N)n(Cc4ccncc4)c3nc12. The summed E-state index contributed by atoms with van der Waals surface area (Å²) in [4.78, 5) is 35.5. The van der Waals surface area contributed by atoms with E-state index < -0.39 is 0 Å². The van der Waals surface area contributed by atoms with Crippen molar-refractivity contribution in [3.05, 3.63) is 81.5 Å². The van der Waals surface area contributed by atoms with Gasteiger partial charge in [0.05, 0.1) is 17.5 Å². The van der Waals surface area contributed by atoms with E-state index in [0.29, 0.717) is 23.2 Å². The predicted molar refractivity (Wildman–Crippen MR) is 125 cm³/mol. The van der Waals surface area contributed by atoms with E-state index in [1.54, 1.807) is 29.2 Å². The first-order chi connectivity index (χ1) is 16.0. The molecule has 4 aromatic rings. The van der Waals surface area contributed by atoms with Crippen molar-refractivity contribution in [2.45, 2.75) is 51.6 Å². The number of pyridine rings is 3. The second-order valence-electron chi connectivity index (χ2n) is 8.70. The maximum atomic E-state index is 13.4. The van der Waals surface area contributed by atoms with Crippen molar-refractivity contribution in [3.63, 3.8) is 0 Å². The summed E-state index contributed by atoms with van der Waals surface area (Å²) in [6.45, 7) is 2.20. The number of amides is 1. The number of aryl methyl sites for hydroxylation is 1. The fraction of sp³-hybridized carbons (Fsp3) is 0.320. The third-order valence-electron chi connectivity index (χ3n) is 6.41. The van der Waals surface area contributed by atoms with E-state index in [2.05, 4.69) is 10.3 Å². The van der Waals surface area contributed by atoms with Gasteiger partial charge in [-0.3, -0.25) is 24.4 Å². The Labute approximate surface area is 190 Å². The van der Waals surface area contributed by atoms with Gasteiger partial charge >= 0.3 is 0 Å². The topological polar surface area (TPSA) is 105 Å². The van der Waals surface area contributed by atoms with Crippen molar-refractivity contribution in [1.29, 1.82) is 5.41 Å². The number of carbonyl (C=O) groups excluding carboxylic acids is 1. The molecule has 1 saturated carbocycles. The number of hydrogen-bond acceptors (Lipinski definition) is 5. The van der Waals surface area contributed by atoms with Crippen LogP contribution in [-0.2, 0) is 6.54 Å². The summed E-state index contributed by atoms with van der Waals surface area (Å²) in [6, 6.07) is 9.04. The van der Waals surface area contributed by atoms with Crippen molar-refractivity contribution in [1.82, 2.24) is 24.3 Å². The highest BCUT2D eigenvalue weighted by Crippen LogP contribution is 2.18. The Morgan fingerprint density at radius 3 is 2.67 bits per heavy atom. The van der Waals surface area contributed by atoms with Gasteiger partial charge in [0.15, 0.2) is 0 Å². The summed E-state index contributed by atoms with van der Waals surface area (Å²) in [5.74, 6) is -0.314. The lowest BCUT2D eigenvalue weighted by Gasteiger charge is -2.23. The number of carbonyl (C=O) groups is 1. The minimum atomic E-state index is -0.314. The minimum absolute atomic E-state index is 0.0393. The Kier molecular flexibility index (Phi) is 5.50. The molecule has 0 spiro atoms. The van der Waals surface area contributed by atoms with Gasteiger partial charge in [0, 0.05) is 24.6 Å². The summed E-state index contributed by atoms with van der Waals surface area (Å²) in [5.41, 5.74) is 2.67. The van der Waals surface area contributed by atoms with Crippen LogP contribution in [0, 0.1) is 12.3 Å². The van der Waals surface area contributed by atoms with Gasteiger partial charge in [0.2, 0.25) is 0 Å². The average Bonchev–Trinajstić information content (AvgIpc) is 2.83. The number of nitrogens with zero attached hydrogens (tertiary/aromatic N) is 4. The third-order valence-corrected chi connectivity index (χ3v) is 6.41. The van der Waals surface area contributed by atoms with E-state index in [4.69, 9.17) is 10.4 Å². The van der Waals surface area contributed by atoms with Gasteiger partial charge in [-0.15, -0.1) is 0 Å². The fourth-order valence-electron chi connectivity index (χ4n) is 4.60. The molecule has 0 unspecified atom stereocenters. The van der Waals surface area contributed by atoms with E-state index in [9.17, 15) is 9.59 Å². The first-order valence-electron chi connectivity index (χ1n) is 11.3. The molecule has 0 bridgehead atoms. The molecule has 0 aromatic carbocycles. The van der Waals surface area contributed by atoms with Crippen molar-refractivity contribution in [2.75, 3.05) is 0 Å². The highest BCUT2D eigenvalue weighted by Gasteiger charge is 2.21. The minimum Gasteiger partial charge on any atom is -0.349 e. The molecule has 33 heavy (non-hydrogen) atoms. The normalized spacial score (nSPS) is 14.6. The Morgan fingerprint density at radius 1 is 1.15 bits per heavy atom. The summed E-state index contributed by atoms with van der Waals surface area (Å²) in [5, 5.41) is 12.3. The Hall–Kier alpha value is -3.81. The van der Waals surface area contributed by atoms with Crippen LogP contribution in [0.4, 0.5) is 0 Å². The summed E-state index contributed by atoms with van der Waals surface area (Å²) < 4.78 is 3.15. The van der Waals surface area contributed by atoms with Gasteiger partial charge in [-0.1, -0.05) is 25.3 Å². The smallest absolute Gasteiger partial charge is 0.267 e. The number of hydrogen-bond donors (Lipinski definition) is 2. The predicted octanol–water partition coefficient (Wildman–Crippen LogP) is 2.94. The van der Waals surface area contributed by atoms with E-state index in [1.165, 1.54) is 16.9 Å². The van der Waals surface area contributed by atoms with Gasteiger partial charge < -0.3 is 9.88 Å². The molecule has 5 rings (SSSR count). The molecule has 1 aliphatic rings. The lowest BCUT2D eigenvalue weighted by Crippen LogP contribution is -2.40. The van der Waals surface area contributed by atoms with Crippen LogP contribution < -0.4 is 16.4 Å². The molecular weight excluding hydrogens is 416 g/mol. The lowest BCUT2D eigenvalue weighted by atomic mass is 9.95. The molecule has 0 atom stereocenters. The molecule has 4 heterocycles. The molecule has 1 aliphatic carbocycles. The van der Waals surface area contributed by atoms with Crippen molar-refractivity contribution in [3.8, 4) is 0 Å². The van der Waals surface area contributed by atoms with Gasteiger partial charge in [-0.25, -0.2) is 4.98 Å². The number of aromatic nitrogens is 4. The molecule has 0 saturated heterocycles. The Balaban J connectivity index is 1.72. The van der Waals surface area contributed by atoms with Crippen LogP contribution >= 0.6 is 0 Å². The van der Waals surface area contributed by atoms with Crippen LogP contribution in [0.25, 0.3) is 16.7 Å². The molecule has 8 heteroatoms. The molecular formula is C25H26N6O2. The van der Waals surface area contributed by atoms with Gasteiger partial charge in [-0.2, -0.15) is 0 Å². The summed E-state index contributed by atoms with van der Waals surface area (Å²) in [7, 11) is 0. The van der Waals surface area contributed by atoms with Gasteiger partial charge in [0.1, 0.15) is 16.8 Å². The maximum absolute atomic E-state index is 13.4. The zero-order valence-corrected chi connectivity index (χ0v) is 18.5. The Morgan fingerprint density at radius 2 is 1.91 bits per heavy atom. The van der Waals surface area contributed by atoms with E-state index in [1.807, 2.05) is 25.1 Å². The molecule has 168 valence electrons. The second-order valence-corrected chi connectivity index (χ2v) is 8.70. The molecule has 0 radical (unpaired) electrons. The average molecular weight is 443 g/mol. The van der Waals surface area contributed by atoms with Crippen LogP contribution in [0.2, 0.25) is 0 Å². The zero-order chi connectivity index (χ0) is 22.9. The summed E-state index contributed by atoms with van der Waals surface area (Å²) >= 11 is 0. The number of nitrogens with one attached hydrogen (secondary N) is 2. The van der Waals surface area contributed by atoms with Crippen LogP contribution in [0.5, 0.6) is 0 Å². The van der Waals surface area contributed by atoms with E-state index in [-0.39, 0.29) is 28.6 Å². The van der Waals surface area contributed by atoms with Crippen LogP contribution in [0.3, 0.4) is 0 Å². The van der Waals surface area contributed by atoms with Crippen LogP contribution in [0.1, 0.15) is 53.6 Å². The quantitative estimate of drug-likeness (QED) is 0.474. The number of rotatable bonds is 4. The monoisotopic (exact) mass is 442 g/mol. The zero-order valence-electron chi connectivity index (χ0n) is 18.5. The molecule has 4 aromatic heterocycles. The summed E-state index contributed by atoms with van der Waals surface area (Å²) in [6.07, 6.45) is 10.3. The largest absolute Gasteiger partial charge is 0.349 e. The molecule has 1 amide bonds. The van der Waals surface area contributed by atoms with E-state index in [0.717, 1.165) is 36.8 Å². The molecule has 1 fully saturated rings. The Bertz CT molecular complexity index is 1470. The lowest BCUT2D eigenvalue weighted by molar-refractivity contribution is 0.0925. The van der Waals surface area contributed by atoms with Crippen molar-refractivity contribution < 1.29 is 4.79 Å². The first-order valence-corrected chi connectivity index (χ1v) is 11.3. The second kappa shape index (κ2) is 8.61. The highest BCUT2D eigenvalue weighted by molar-refractivity contribution is 5.97. The standard InChI is InChI=1S/C25H26N6O2/c1-16-6-5-13-30-22(16)29-23-20(25(30)33)14-19(24(32)28-18-7-3-2-4-8-18)21(26)31(23)15-17-9-11-27-12-10-17/h5-6,9-14,18,26H,2-4,7-8,15H2,1H3,(H,28,32). The van der Waals surface area contributed by atoms with E-state index >= 15 is 0 Å². The molecule has 0 aliphatic heterocycles. The maximum Gasteiger partial charge on any atom is 0.267 e. The van der Waals surface area contributed by atoms with Gasteiger partial charge in [-0.05, 0) is 55.2 Å². The third kappa shape index (κ3) is 3.92. The molecule has 2 N–H and O–H groups in total. The fourth-order valence-corrected chi connectivity index (χ4v) is 4.60. The van der Waals surface area contributed by atoms with Crippen molar-refractivity contribution >= 4 is 22.6 Å². The number of fused-ring (bicyclic) bond motifs is 2.